The molecule has 3 aromatic rings. The van der Waals surface area contributed by atoms with E-state index in [-0.39, 0.29) is 11.7 Å². The molecule has 0 aliphatic rings. The van der Waals surface area contributed by atoms with Crippen LogP contribution in [0.25, 0.3) is 0 Å². The van der Waals surface area contributed by atoms with Crippen molar-refractivity contribution < 1.29 is 9.21 Å². The molecule has 0 saturated carbocycles. The minimum atomic E-state index is -0.331. The molecule has 2 heterocycles. The number of aryl methyl sites for hydroxylation is 1. The average molecular weight is 350 g/mol. The number of hydrogen-bond acceptors (Lipinski definition) is 3. The Morgan fingerprint density at radius 3 is 2.78 bits per heavy atom. The van der Waals surface area contributed by atoms with Gasteiger partial charge in [0.2, 0.25) is 0 Å². The van der Waals surface area contributed by atoms with Gasteiger partial charge in [-0.25, -0.2) is 4.68 Å². The topological polar surface area (TPSA) is 60.1 Å². The van der Waals surface area contributed by atoms with Crippen molar-refractivity contribution in [1.82, 2.24) is 9.78 Å². The van der Waals surface area contributed by atoms with Crippen LogP contribution in [0.2, 0.25) is 10.0 Å². The molecule has 7 heteroatoms. The van der Waals surface area contributed by atoms with Crippen molar-refractivity contribution in [3.63, 3.8) is 0 Å². The first-order valence-electron chi connectivity index (χ1n) is 6.86. The Kier molecular flexibility index (Phi) is 4.41. The minimum Gasteiger partial charge on any atom is -0.456 e. The number of amides is 1. The van der Waals surface area contributed by atoms with Crippen LogP contribution in [0.5, 0.6) is 0 Å². The summed E-state index contributed by atoms with van der Waals surface area (Å²) in [6, 6.07) is 10.3. The van der Waals surface area contributed by atoms with Crippen molar-refractivity contribution in [2.75, 3.05) is 5.32 Å². The SMILES string of the molecule is Cc1ccc(C(=O)Nc2ccnn2Cc2ccc(Cl)cc2Cl)o1. The van der Waals surface area contributed by atoms with Crippen molar-refractivity contribution in [2.45, 2.75) is 13.5 Å². The molecular formula is C16H13Cl2N3O2. The van der Waals surface area contributed by atoms with E-state index in [2.05, 4.69) is 10.4 Å². The van der Waals surface area contributed by atoms with E-state index in [4.69, 9.17) is 27.6 Å². The molecule has 2 aromatic heterocycles. The van der Waals surface area contributed by atoms with Crippen LogP contribution in [0.4, 0.5) is 5.82 Å². The first kappa shape index (κ1) is 15.6. The van der Waals surface area contributed by atoms with E-state index in [9.17, 15) is 4.79 Å². The van der Waals surface area contributed by atoms with Gasteiger partial charge in [0, 0.05) is 16.1 Å². The highest BCUT2D eigenvalue weighted by Gasteiger charge is 2.13. The van der Waals surface area contributed by atoms with Gasteiger partial charge in [-0.1, -0.05) is 29.3 Å². The summed E-state index contributed by atoms with van der Waals surface area (Å²) in [5, 5.41) is 8.09. The molecular weight excluding hydrogens is 337 g/mol. The molecule has 23 heavy (non-hydrogen) atoms. The second kappa shape index (κ2) is 6.48. The first-order chi connectivity index (χ1) is 11.0. The first-order valence-corrected chi connectivity index (χ1v) is 7.62. The lowest BCUT2D eigenvalue weighted by molar-refractivity contribution is 0.0994. The maximum absolute atomic E-state index is 12.2. The summed E-state index contributed by atoms with van der Waals surface area (Å²) < 4.78 is 6.95. The highest BCUT2D eigenvalue weighted by molar-refractivity contribution is 6.35. The number of rotatable bonds is 4. The van der Waals surface area contributed by atoms with Crippen LogP contribution >= 0.6 is 23.2 Å². The van der Waals surface area contributed by atoms with Crippen LogP contribution in [-0.4, -0.2) is 15.7 Å². The average Bonchev–Trinajstić information content (AvgIpc) is 3.11. The number of anilines is 1. The Morgan fingerprint density at radius 1 is 1.26 bits per heavy atom. The number of carbonyl (C=O) groups is 1. The maximum Gasteiger partial charge on any atom is 0.292 e. The lowest BCUT2D eigenvalue weighted by Gasteiger charge is -2.09. The van der Waals surface area contributed by atoms with Crippen molar-refractivity contribution in [2.24, 2.45) is 0 Å². The predicted molar refractivity (Wildman–Crippen MR) is 89.2 cm³/mol. The number of hydrogen-bond donors (Lipinski definition) is 1. The molecule has 0 radical (unpaired) electrons. The molecule has 0 bridgehead atoms. The fourth-order valence-corrected chi connectivity index (χ4v) is 2.58. The number of benzene rings is 1. The summed E-state index contributed by atoms with van der Waals surface area (Å²) in [5.41, 5.74) is 0.851. The number of nitrogens with one attached hydrogen (secondary N) is 1. The van der Waals surface area contributed by atoms with Crippen LogP contribution in [0, 0.1) is 6.92 Å². The molecule has 1 N–H and O–H groups in total. The predicted octanol–water partition coefficient (Wildman–Crippen LogP) is 4.39. The van der Waals surface area contributed by atoms with Gasteiger partial charge in [0.1, 0.15) is 11.6 Å². The van der Waals surface area contributed by atoms with Crippen molar-refractivity contribution in [3.8, 4) is 0 Å². The molecule has 0 aliphatic carbocycles. The largest absolute Gasteiger partial charge is 0.456 e. The van der Waals surface area contributed by atoms with E-state index in [0.717, 1.165) is 5.56 Å². The molecule has 0 saturated heterocycles. The molecule has 118 valence electrons. The standard InChI is InChI=1S/C16H13Cl2N3O2/c1-10-2-5-14(23-10)16(22)20-15-6-7-19-21(15)9-11-3-4-12(17)8-13(11)18/h2-8H,9H2,1H3,(H,20,22). The van der Waals surface area contributed by atoms with Crippen molar-refractivity contribution in [1.29, 1.82) is 0 Å². The second-order valence-electron chi connectivity index (χ2n) is 4.97. The Hall–Kier alpha value is -2.24. The van der Waals surface area contributed by atoms with Gasteiger partial charge in [-0.2, -0.15) is 5.10 Å². The molecule has 0 aliphatic heterocycles. The molecule has 1 amide bonds. The summed E-state index contributed by atoms with van der Waals surface area (Å²) in [5.74, 6) is 1.15. The van der Waals surface area contributed by atoms with E-state index in [1.807, 2.05) is 6.07 Å². The van der Waals surface area contributed by atoms with E-state index in [0.29, 0.717) is 28.2 Å². The number of carbonyl (C=O) groups excluding carboxylic acids is 1. The van der Waals surface area contributed by atoms with Gasteiger partial charge in [-0.15, -0.1) is 0 Å². The summed E-state index contributed by atoms with van der Waals surface area (Å²) in [6.45, 7) is 2.19. The zero-order valence-corrected chi connectivity index (χ0v) is 13.7. The molecule has 0 spiro atoms. The van der Waals surface area contributed by atoms with Gasteiger partial charge >= 0.3 is 0 Å². The normalized spacial score (nSPS) is 10.7. The number of nitrogens with zero attached hydrogens (tertiary/aromatic N) is 2. The fraction of sp³-hybridized carbons (Fsp3) is 0.125. The summed E-state index contributed by atoms with van der Waals surface area (Å²) in [4.78, 5) is 12.2. The van der Waals surface area contributed by atoms with E-state index in [1.54, 1.807) is 48.1 Å². The number of halogens is 2. The van der Waals surface area contributed by atoms with Gasteiger partial charge in [0.15, 0.2) is 5.76 Å². The van der Waals surface area contributed by atoms with Crippen LogP contribution in [0.3, 0.4) is 0 Å². The van der Waals surface area contributed by atoms with Gasteiger partial charge in [-0.05, 0) is 36.8 Å². The molecule has 3 rings (SSSR count). The molecule has 0 fully saturated rings. The Bertz CT molecular complexity index is 855. The number of aromatic nitrogens is 2. The van der Waals surface area contributed by atoms with Crippen molar-refractivity contribution >= 4 is 34.9 Å². The fourth-order valence-electron chi connectivity index (χ4n) is 2.11. The lowest BCUT2D eigenvalue weighted by atomic mass is 10.2. The van der Waals surface area contributed by atoms with Crippen LogP contribution in [0.15, 0.2) is 47.0 Å². The lowest BCUT2D eigenvalue weighted by Crippen LogP contribution is -2.15. The third-order valence-corrected chi connectivity index (χ3v) is 3.84. The van der Waals surface area contributed by atoms with E-state index < -0.39 is 0 Å². The Morgan fingerprint density at radius 2 is 2.09 bits per heavy atom. The minimum absolute atomic E-state index is 0.250. The van der Waals surface area contributed by atoms with Crippen LogP contribution in [0.1, 0.15) is 21.9 Å². The molecule has 5 nitrogen and oxygen atoms in total. The van der Waals surface area contributed by atoms with Crippen molar-refractivity contribution in [3.05, 3.63) is 69.7 Å². The van der Waals surface area contributed by atoms with E-state index >= 15 is 0 Å². The highest BCUT2D eigenvalue weighted by atomic mass is 35.5. The molecule has 1 aromatic carbocycles. The second-order valence-corrected chi connectivity index (χ2v) is 5.82. The Labute approximate surface area is 142 Å². The van der Waals surface area contributed by atoms with Crippen LogP contribution < -0.4 is 5.32 Å². The molecule has 0 atom stereocenters. The zero-order valence-electron chi connectivity index (χ0n) is 12.2. The summed E-state index contributed by atoms with van der Waals surface area (Å²) in [6.07, 6.45) is 1.60. The van der Waals surface area contributed by atoms with Gasteiger partial charge < -0.3 is 9.73 Å². The highest BCUT2D eigenvalue weighted by Crippen LogP contribution is 2.23. The van der Waals surface area contributed by atoms with Gasteiger partial charge in [0.25, 0.3) is 5.91 Å². The van der Waals surface area contributed by atoms with Crippen LogP contribution in [-0.2, 0) is 6.54 Å². The van der Waals surface area contributed by atoms with Gasteiger partial charge in [-0.3, -0.25) is 4.79 Å². The smallest absolute Gasteiger partial charge is 0.292 e. The van der Waals surface area contributed by atoms with E-state index in [1.165, 1.54) is 0 Å². The third-order valence-electron chi connectivity index (χ3n) is 3.26. The summed E-state index contributed by atoms with van der Waals surface area (Å²) in [7, 11) is 0. The maximum atomic E-state index is 12.2. The Balaban J connectivity index is 1.78. The zero-order chi connectivity index (χ0) is 16.4. The summed E-state index contributed by atoms with van der Waals surface area (Å²) >= 11 is 12.1. The third kappa shape index (κ3) is 3.57. The quantitative estimate of drug-likeness (QED) is 0.759. The number of furan rings is 1. The monoisotopic (exact) mass is 349 g/mol. The van der Waals surface area contributed by atoms with Gasteiger partial charge in [0.05, 0.1) is 12.7 Å². The molecule has 0 unspecified atom stereocenters.